The summed E-state index contributed by atoms with van der Waals surface area (Å²) in [6.07, 6.45) is 0.844. The lowest BCUT2D eigenvalue weighted by molar-refractivity contribution is -0.908. The molecule has 0 radical (unpaired) electrons. The molecule has 0 bridgehead atoms. The zero-order valence-corrected chi connectivity index (χ0v) is 18.8. The molecule has 0 unspecified atom stereocenters. The van der Waals surface area contributed by atoms with Crippen molar-refractivity contribution >= 4 is 28.5 Å². The average Bonchev–Trinajstić information content (AvgIpc) is 3.08. The second-order valence-corrected chi connectivity index (χ2v) is 9.03. The zero-order chi connectivity index (χ0) is 22.2. The van der Waals surface area contributed by atoms with Crippen LogP contribution in [0.15, 0.2) is 51.7 Å². The number of nitrogens with zero attached hydrogens (tertiary/aromatic N) is 1. The zero-order valence-electron chi connectivity index (χ0n) is 18.0. The van der Waals surface area contributed by atoms with Crippen molar-refractivity contribution in [3.63, 3.8) is 0 Å². The Balaban J connectivity index is 1.53. The monoisotopic (exact) mass is 453 g/mol. The van der Waals surface area contributed by atoms with Crippen molar-refractivity contribution in [1.29, 1.82) is 0 Å². The van der Waals surface area contributed by atoms with E-state index in [1.807, 2.05) is 31.2 Å². The van der Waals surface area contributed by atoms with E-state index in [9.17, 15) is 9.59 Å². The SMILES string of the molecule is Cc1ccc([C@H]2c3c(oc4ccc(Cl)cc4c3=O)C(=O)N2CCC[NH+]2CCOCC2)cc1. The molecule has 1 aromatic heterocycles. The summed E-state index contributed by atoms with van der Waals surface area (Å²) in [5, 5.41) is 0.868. The van der Waals surface area contributed by atoms with Crippen molar-refractivity contribution < 1.29 is 18.8 Å². The van der Waals surface area contributed by atoms with Crippen molar-refractivity contribution in [2.24, 2.45) is 0 Å². The van der Waals surface area contributed by atoms with E-state index in [0.29, 0.717) is 28.1 Å². The molecular formula is C25H26ClN2O4+. The number of benzene rings is 2. The van der Waals surface area contributed by atoms with E-state index in [1.54, 1.807) is 23.1 Å². The second-order valence-electron chi connectivity index (χ2n) is 8.59. The number of halogens is 1. The van der Waals surface area contributed by atoms with Crippen molar-refractivity contribution in [3.8, 4) is 0 Å². The van der Waals surface area contributed by atoms with Crippen molar-refractivity contribution in [2.45, 2.75) is 19.4 Å². The fourth-order valence-corrected chi connectivity index (χ4v) is 4.90. The van der Waals surface area contributed by atoms with Gasteiger partial charge >= 0.3 is 0 Å². The Morgan fingerprint density at radius 3 is 2.59 bits per heavy atom. The maximum Gasteiger partial charge on any atom is 0.290 e. The first kappa shape index (κ1) is 21.2. The Morgan fingerprint density at radius 1 is 1.09 bits per heavy atom. The molecule has 5 rings (SSSR count). The summed E-state index contributed by atoms with van der Waals surface area (Å²) < 4.78 is 11.4. The van der Waals surface area contributed by atoms with Gasteiger partial charge in [0, 0.05) is 18.0 Å². The number of ether oxygens (including phenoxy) is 1. The molecule has 2 aliphatic heterocycles. The molecule has 3 heterocycles. The fraction of sp³-hybridized carbons (Fsp3) is 0.360. The molecule has 0 aliphatic carbocycles. The van der Waals surface area contributed by atoms with Crippen molar-refractivity contribution in [2.75, 3.05) is 39.4 Å². The van der Waals surface area contributed by atoms with Crippen LogP contribution >= 0.6 is 11.6 Å². The largest absolute Gasteiger partial charge is 0.450 e. The number of carbonyl (C=O) groups is 1. The van der Waals surface area contributed by atoms with E-state index in [4.69, 9.17) is 20.8 Å². The summed E-state index contributed by atoms with van der Waals surface area (Å²) >= 11 is 6.14. The number of nitrogens with one attached hydrogen (secondary N) is 1. The first-order valence-corrected chi connectivity index (χ1v) is 11.5. The van der Waals surface area contributed by atoms with E-state index < -0.39 is 6.04 Å². The molecule has 32 heavy (non-hydrogen) atoms. The molecule has 3 aromatic rings. The van der Waals surface area contributed by atoms with Crippen LogP contribution in [0.3, 0.4) is 0 Å². The van der Waals surface area contributed by atoms with Gasteiger partial charge in [-0.15, -0.1) is 0 Å². The molecule has 1 atom stereocenters. The highest BCUT2D eigenvalue weighted by Crippen LogP contribution is 2.38. The first-order chi connectivity index (χ1) is 15.5. The minimum Gasteiger partial charge on any atom is -0.450 e. The summed E-state index contributed by atoms with van der Waals surface area (Å²) in [7, 11) is 0. The number of rotatable bonds is 5. The quantitative estimate of drug-likeness (QED) is 0.645. The van der Waals surface area contributed by atoms with Crippen LogP contribution in [0.2, 0.25) is 5.02 Å². The lowest BCUT2D eigenvalue weighted by Gasteiger charge is -2.27. The number of quaternary nitrogens is 1. The highest BCUT2D eigenvalue weighted by Gasteiger charge is 2.42. The summed E-state index contributed by atoms with van der Waals surface area (Å²) in [5.74, 6) is -0.0781. The lowest BCUT2D eigenvalue weighted by atomic mass is 9.97. The first-order valence-electron chi connectivity index (χ1n) is 11.1. The molecule has 166 valence electrons. The number of amides is 1. The third-order valence-corrected chi connectivity index (χ3v) is 6.69. The Hall–Kier alpha value is -2.67. The van der Waals surface area contributed by atoms with Gasteiger partial charge in [-0.25, -0.2) is 0 Å². The third kappa shape index (κ3) is 3.83. The Bertz CT molecular complexity index is 1220. The molecule has 0 spiro atoms. The minimum absolute atomic E-state index is 0.147. The van der Waals surface area contributed by atoms with Crippen LogP contribution < -0.4 is 10.3 Å². The van der Waals surface area contributed by atoms with E-state index in [-0.39, 0.29) is 17.1 Å². The molecular weight excluding hydrogens is 428 g/mol. The van der Waals surface area contributed by atoms with Gasteiger partial charge in [0.15, 0.2) is 5.43 Å². The van der Waals surface area contributed by atoms with Gasteiger partial charge in [0.1, 0.15) is 18.7 Å². The Labute approximate surface area is 191 Å². The number of fused-ring (bicyclic) bond motifs is 2. The maximum atomic E-state index is 13.5. The molecule has 6 nitrogen and oxygen atoms in total. The summed E-state index contributed by atoms with van der Waals surface area (Å²) in [4.78, 5) is 30.2. The molecule has 1 amide bonds. The second kappa shape index (κ2) is 8.70. The Kier molecular flexibility index (Phi) is 5.76. The van der Waals surface area contributed by atoms with Gasteiger partial charge in [-0.1, -0.05) is 41.4 Å². The van der Waals surface area contributed by atoms with Crippen LogP contribution in [0.5, 0.6) is 0 Å². The van der Waals surface area contributed by atoms with Gasteiger partial charge in [-0.3, -0.25) is 9.59 Å². The number of hydrogen-bond acceptors (Lipinski definition) is 4. The summed E-state index contributed by atoms with van der Waals surface area (Å²) in [6, 6.07) is 12.5. The Morgan fingerprint density at radius 2 is 1.84 bits per heavy atom. The van der Waals surface area contributed by atoms with Crippen LogP contribution in [0, 0.1) is 6.92 Å². The number of aryl methyl sites for hydroxylation is 1. The van der Waals surface area contributed by atoms with Gasteiger partial charge in [0.25, 0.3) is 5.91 Å². The molecule has 1 N–H and O–H groups in total. The molecule has 7 heteroatoms. The van der Waals surface area contributed by atoms with E-state index in [1.165, 1.54) is 4.90 Å². The molecule has 2 aliphatic rings. The topological polar surface area (TPSA) is 64.2 Å². The number of morpholine rings is 1. The standard InChI is InChI=1S/C25H25ClN2O4/c1-16-3-5-17(6-4-16)22-21-23(29)19-15-18(26)7-8-20(19)32-24(21)25(30)28(22)10-2-9-27-11-13-31-14-12-27/h3-8,15,22H,2,9-14H2,1H3/p+1/t22-/m0/s1. The molecule has 1 saturated heterocycles. The molecule has 1 fully saturated rings. The fourth-order valence-electron chi connectivity index (χ4n) is 4.73. The van der Waals surface area contributed by atoms with Gasteiger partial charge in [0.2, 0.25) is 5.76 Å². The van der Waals surface area contributed by atoms with E-state index in [0.717, 1.165) is 50.4 Å². The van der Waals surface area contributed by atoms with Crippen LogP contribution in [0.1, 0.15) is 39.7 Å². The normalized spacial score (nSPS) is 19.0. The van der Waals surface area contributed by atoms with Gasteiger partial charge in [-0.2, -0.15) is 0 Å². The predicted molar refractivity (Wildman–Crippen MR) is 123 cm³/mol. The van der Waals surface area contributed by atoms with Crippen LogP contribution in [0.25, 0.3) is 11.0 Å². The van der Waals surface area contributed by atoms with E-state index in [2.05, 4.69) is 0 Å². The van der Waals surface area contributed by atoms with Crippen molar-refractivity contribution in [3.05, 3.63) is 80.2 Å². The summed E-state index contributed by atoms with van der Waals surface area (Å²) in [5.41, 5.74) is 2.64. The van der Waals surface area contributed by atoms with Crippen LogP contribution in [0.4, 0.5) is 0 Å². The van der Waals surface area contributed by atoms with Gasteiger partial charge in [-0.05, 0) is 30.7 Å². The van der Waals surface area contributed by atoms with Gasteiger partial charge in [0.05, 0.1) is 36.8 Å². The third-order valence-electron chi connectivity index (χ3n) is 6.45. The highest BCUT2D eigenvalue weighted by atomic mass is 35.5. The van der Waals surface area contributed by atoms with Crippen molar-refractivity contribution in [1.82, 2.24) is 4.90 Å². The lowest BCUT2D eigenvalue weighted by Crippen LogP contribution is -3.14. The number of hydrogen-bond donors (Lipinski definition) is 1. The highest BCUT2D eigenvalue weighted by molar-refractivity contribution is 6.31. The van der Waals surface area contributed by atoms with Crippen LogP contribution in [-0.2, 0) is 4.74 Å². The van der Waals surface area contributed by atoms with E-state index >= 15 is 0 Å². The van der Waals surface area contributed by atoms with Gasteiger partial charge < -0.3 is 19.0 Å². The average molecular weight is 454 g/mol. The smallest absolute Gasteiger partial charge is 0.290 e. The minimum atomic E-state index is -0.461. The molecule has 0 saturated carbocycles. The summed E-state index contributed by atoms with van der Waals surface area (Å²) in [6.45, 7) is 7.07. The maximum absolute atomic E-state index is 13.5. The number of carbonyl (C=O) groups excluding carboxylic acids is 1. The predicted octanol–water partition coefficient (Wildman–Crippen LogP) is 2.61. The molecule has 2 aromatic carbocycles. The van der Waals surface area contributed by atoms with Crippen LogP contribution in [-0.4, -0.2) is 50.2 Å².